The van der Waals surface area contributed by atoms with Gasteiger partial charge in [0, 0.05) is 71.5 Å². The zero-order valence-corrected chi connectivity index (χ0v) is 41.8. The van der Waals surface area contributed by atoms with Crippen molar-refractivity contribution in [3.05, 3.63) is 167 Å². The average molecular weight is 1100 g/mol. The van der Waals surface area contributed by atoms with Crippen LogP contribution in [0.25, 0.3) is 72.7 Å². The Hall–Kier alpha value is -5.57. The number of imidazole rings is 1. The van der Waals surface area contributed by atoms with E-state index in [1.165, 1.54) is 22.9 Å². The van der Waals surface area contributed by atoms with E-state index in [1.807, 2.05) is 53.7 Å². The second-order valence-corrected chi connectivity index (χ2v) is 20.2. The maximum atomic E-state index is 13.2. The molecule has 0 fully saturated rings. The Bertz CT molecular complexity index is 3960. The maximum Gasteiger partial charge on any atom is 0.148 e. The van der Waals surface area contributed by atoms with Crippen LogP contribution in [0, 0.1) is 11.5 Å². The van der Waals surface area contributed by atoms with Crippen molar-refractivity contribution in [2.75, 3.05) is 0 Å². The maximum absolute atomic E-state index is 13.2. The molecule has 2 aromatic heterocycles. The van der Waals surface area contributed by atoms with Crippen LogP contribution in [0.2, 0.25) is 0 Å². The van der Waals surface area contributed by atoms with Gasteiger partial charge in [-0.05, 0) is 97.1 Å². The Labute approximate surface area is 455 Å². The monoisotopic (exact) mass is 1100 g/mol. The van der Waals surface area contributed by atoms with E-state index in [1.54, 1.807) is 99.6 Å². The normalized spacial score (nSPS) is 19.1. The van der Waals surface area contributed by atoms with Crippen molar-refractivity contribution in [2.45, 2.75) is 131 Å². The largest absolute Gasteiger partial charge is 0.507 e. The molecule has 354 valence electrons. The van der Waals surface area contributed by atoms with Gasteiger partial charge in [0.2, 0.25) is 0 Å². The SMILES string of the molecule is [2H]c1cc(C([2H])([2H])C(C)(C)C)cc([2H])c1-c1ccnc(-c2[c-]c(-c3cccc4c3nc(-c3c([2H])c(C(C([2H])([2H])[2H])(C([2H])([2H])[2H])C([2H])([2H])[2H])c([2H])c(C(C([2H])([2H])[2H])(C([2H])([2H])[2H])C([2H])([2H])[2H])c3O)n4-c3ccc(C(C)(C)C)cc3-c3ccccc3)cc(C(C)(C)C)c2)c1.[Pt]. The number of phenols is 1. The molecule has 8 rings (SSSR count). The number of benzene rings is 6. The molecule has 0 saturated heterocycles. The summed E-state index contributed by atoms with van der Waals surface area (Å²) in [5.74, 6) is -2.47. The van der Waals surface area contributed by atoms with E-state index in [0.29, 0.717) is 39.1 Å². The fourth-order valence-electron chi connectivity index (χ4n) is 7.99. The Balaban J connectivity index is 0.0000120. The number of aromatic nitrogens is 3. The number of phenolic OH excluding ortho intramolecular Hbond substituents is 1. The molecule has 1 N–H and O–H groups in total. The van der Waals surface area contributed by atoms with Gasteiger partial charge in [0.25, 0.3) is 0 Å². The van der Waals surface area contributed by atoms with Gasteiger partial charge in [-0.15, -0.1) is 29.3 Å². The molecule has 2 heterocycles. The van der Waals surface area contributed by atoms with E-state index >= 15 is 0 Å². The third-order valence-corrected chi connectivity index (χ3v) is 11.4. The number of rotatable bonds is 7. The van der Waals surface area contributed by atoms with Gasteiger partial charge in [0.05, 0.1) is 27.8 Å². The van der Waals surface area contributed by atoms with E-state index in [0.717, 1.165) is 5.56 Å². The summed E-state index contributed by atoms with van der Waals surface area (Å²) in [5.41, 5.74) is -11.4. The first-order valence-electron chi connectivity index (χ1n) is 34.0. The summed E-state index contributed by atoms with van der Waals surface area (Å²) in [6.45, 7) is -9.29. The van der Waals surface area contributed by atoms with E-state index in [9.17, 15) is 7.85 Å². The van der Waals surface area contributed by atoms with Gasteiger partial charge in [-0.25, -0.2) is 4.98 Å². The van der Waals surface area contributed by atoms with Gasteiger partial charge in [-0.3, -0.25) is 9.55 Å². The molecular formula is C63H70N3OPt-. The van der Waals surface area contributed by atoms with Crippen LogP contribution in [0.15, 0.2) is 133 Å². The van der Waals surface area contributed by atoms with Crippen molar-refractivity contribution in [3.63, 3.8) is 0 Å². The molecule has 8 aromatic rings. The first-order valence-corrected chi connectivity index (χ1v) is 22.0. The Morgan fingerprint density at radius 2 is 1.29 bits per heavy atom. The third kappa shape index (κ3) is 10.5. The Morgan fingerprint density at radius 3 is 1.94 bits per heavy atom. The molecule has 5 heteroatoms. The van der Waals surface area contributed by atoms with Crippen LogP contribution in [0.5, 0.6) is 5.75 Å². The fourth-order valence-corrected chi connectivity index (χ4v) is 7.99. The van der Waals surface area contributed by atoms with Gasteiger partial charge in [-0.1, -0.05) is 199 Å². The predicted molar refractivity (Wildman–Crippen MR) is 285 cm³/mol. The second kappa shape index (κ2) is 18.4. The van der Waals surface area contributed by atoms with Crippen LogP contribution in [-0.4, -0.2) is 19.6 Å². The van der Waals surface area contributed by atoms with Crippen molar-refractivity contribution < 1.29 is 59.1 Å². The summed E-state index contributed by atoms with van der Waals surface area (Å²) in [5, 5.41) is 13.2. The van der Waals surface area contributed by atoms with Crippen LogP contribution in [0.1, 0.15) is 164 Å². The minimum atomic E-state index is -4.47. The number of para-hydroxylation sites is 1. The van der Waals surface area contributed by atoms with Crippen LogP contribution in [0.3, 0.4) is 0 Å². The number of pyridine rings is 1. The molecule has 0 atom stereocenters. The zero-order chi connectivity index (χ0) is 68.7. The van der Waals surface area contributed by atoms with Crippen LogP contribution in [-0.2, 0) is 49.1 Å². The summed E-state index contributed by atoms with van der Waals surface area (Å²) in [4.78, 5) is 9.81. The van der Waals surface area contributed by atoms with Crippen molar-refractivity contribution in [3.8, 4) is 67.5 Å². The topological polar surface area (TPSA) is 50.9 Å². The first kappa shape index (κ1) is 27.6. The quantitative estimate of drug-likeness (QED) is 0.162. The van der Waals surface area contributed by atoms with E-state index in [-0.39, 0.29) is 66.6 Å². The molecule has 0 aliphatic heterocycles. The molecule has 0 spiro atoms. The third-order valence-electron chi connectivity index (χ3n) is 11.4. The van der Waals surface area contributed by atoms with Gasteiger partial charge >= 0.3 is 0 Å². The molecule has 68 heavy (non-hydrogen) atoms. The van der Waals surface area contributed by atoms with E-state index in [2.05, 4.69) is 6.07 Å². The van der Waals surface area contributed by atoms with E-state index < -0.39 is 115 Å². The molecule has 6 aromatic carbocycles. The van der Waals surface area contributed by atoms with E-state index in [4.69, 9.17) is 40.1 Å². The van der Waals surface area contributed by atoms with Gasteiger partial charge in [0.15, 0.2) is 0 Å². The molecule has 0 unspecified atom stereocenters. The predicted octanol–water partition coefficient (Wildman–Crippen LogP) is 17.0. The molecule has 0 aliphatic rings. The van der Waals surface area contributed by atoms with Crippen LogP contribution < -0.4 is 0 Å². The molecule has 0 aliphatic carbocycles. The minimum absolute atomic E-state index is 0. The summed E-state index contributed by atoms with van der Waals surface area (Å²) in [7, 11) is 0. The van der Waals surface area contributed by atoms with Crippen LogP contribution in [0.4, 0.5) is 0 Å². The first-order chi connectivity index (χ1) is 41.2. The van der Waals surface area contributed by atoms with Crippen LogP contribution >= 0.6 is 0 Å². The average Bonchev–Trinajstić information content (AvgIpc) is 0.779. The number of hydrogen-bond donors (Lipinski definition) is 1. The zero-order valence-electron chi connectivity index (χ0n) is 63.5. The van der Waals surface area contributed by atoms with Crippen molar-refractivity contribution >= 4 is 11.0 Å². The van der Waals surface area contributed by atoms with Crippen molar-refractivity contribution in [2.24, 2.45) is 5.41 Å². The number of fused-ring (bicyclic) bond motifs is 1. The molecular weight excluding hydrogens is 1010 g/mol. The van der Waals surface area contributed by atoms with Gasteiger partial charge < -0.3 is 5.11 Å². The van der Waals surface area contributed by atoms with Gasteiger partial charge in [-0.2, -0.15) is 0 Å². The molecule has 0 bridgehead atoms. The Morgan fingerprint density at radius 1 is 0.618 bits per heavy atom. The second-order valence-electron chi connectivity index (χ2n) is 20.2. The standard InChI is InChI=1S/C63H70N3O.Pt/c1-59(2,3)39-40-24-26-41(27-25-40)43-30-31-64-53(35-43)45-32-44(33-47(34-45)61(7,8)9)49-22-19-23-55-56(49)65-58(51-37-48(62(10,11)12)38-52(57(51)67)63(13,14)15)66(55)54-29-28-46(60(4,5)6)36-50(54)42-20-17-16-18-21-42;/h16-31,33-38,67H,39H2,1-15H3;/q-1;/i10D3,11D3,12D3,13D3,14D3,15D3,26D,27D,37D,38D,39D2;. The number of aromatic hydroxyl groups is 1. The smallest absolute Gasteiger partial charge is 0.148 e. The van der Waals surface area contributed by atoms with Crippen molar-refractivity contribution in [1.29, 1.82) is 0 Å². The summed E-state index contributed by atoms with van der Waals surface area (Å²) in [6.07, 6.45) is -0.417. The number of hydrogen-bond acceptors (Lipinski definition) is 3. The van der Waals surface area contributed by atoms with Gasteiger partial charge in [0.1, 0.15) is 11.6 Å². The fraction of sp³-hybridized carbons (Fsp3) is 0.333. The molecule has 0 saturated carbocycles. The molecule has 0 radical (unpaired) electrons. The number of nitrogens with zero attached hydrogens (tertiary/aromatic N) is 3. The minimum Gasteiger partial charge on any atom is -0.507 e. The summed E-state index contributed by atoms with van der Waals surface area (Å²) >= 11 is 0. The molecule has 4 nitrogen and oxygen atoms in total. The summed E-state index contributed by atoms with van der Waals surface area (Å²) in [6, 6.07) is 28.2. The molecule has 0 amide bonds. The summed E-state index contributed by atoms with van der Waals surface area (Å²) < 4.78 is 216. The van der Waals surface area contributed by atoms with Crippen molar-refractivity contribution in [1.82, 2.24) is 14.5 Å². The Kier molecular flexibility index (Phi) is 7.46.